The third-order valence-electron chi connectivity index (χ3n) is 3.89. The fraction of sp³-hybridized carbons (Fsp3) is 0.375. The molecule has 0 bridgehead atoms. The summed E-state index contributed by atoms with van der Waals surface area (Å²) >= 11 is 0. The van der Waals surface area contributed by atoms with Crippen LogP contribution >= 0.6 is 0 Å². The maximum absolute atomic E-state index is 12.6. The van der Waals surface area contributed by atoms with Crippen molar-refractivity contribution in [2.45, 2.75) is 32.2 Å². The number of sulfonamides is 1. The highest BCUT2D eigenvalue weighted by Gasteiger charge is 2.27. The van der Waals surface area contributed by atoms with Gasteiger partial charge in [-0.25, -0.2) is 12.7 Å². The van der Waals surface area contributed by atoms with E-state index in [1.807, 2.05) is 12.1 Å². The summed E-state index contributed by atoms with van der Waals surface area (Å²) in [6.07, 6.45) is 0. The molecule has 6 nitrogen and oxygen atoms in total. The molecule has 122 valence electrons. The van der Waals surface area contributed by atoms with Gasteiger partial charge in [0.1, 0.15) is 4.90 Å². The highest BCUT2D eigenvalue weighted by atomic mass is 32.2. The van der Waals surface area contributed by atoms with Gasteiger partial charge in [0, 0.05) is 13.6 Å². The van der Waals surface area contributed by atoms with Gasteiger partial charge in [-0.1, -0.05) is 25.1 Å². The molecule has 0 saturated heterocycles. The number of benzene rings is 1. The fourth-order valence-corrected chi connectivity index (χ4v) is 4.01. The first-order valence-electron chi connectivity index (χ1n) is 7.31. The first kappa shape index (κ1) is 17.2. The Hall–Kier alpha value is -2.17. The second-order valence-corrected chi connectivity index (χ2v) is 7.33. The Morgan fingerprint density at radius 2 is 1.96 bits per heavy atom. The van der Waals surface area contributed by atoms with Gasteiger partial charge in [0.2, 0.25) is 10.0 Å². The molecular weight excluding hydrogens is 312 g/mol. The molecule has 0 aliphatic heterocycles. The van der Waals surface area contributed by atoms with E-state index in [-0.39, 0.29) is 4.90 Å². The Bertz CT molecular complexity index is 863. The minimum atomic E-state index is -3.55. The van der Waals surface area contributed by atoms with E-state index >= 15 is 0 Å². The first-order chi connectivity index (χ1) is 10.8. The van der Waals surface area contributed by atoms with Crippen molar-refractivity contribution >= 4 is 10.0 Å². The second kappa shape index (κ2) is 6.52. The van der Waals surface area contributed by atoms with E-state index in [1.54, 1.807) is 44.6 Å². The number of nitrogens with zero attached hydrogens (tertiary/aromatic N) is 4. The van der Waals surface area contributed by atoms with Crippen molar-refractivity contribution in [3.05, 3.63) is 46.8 Å². The van der Waals surface area contributed by atoms with Gasteiger partial charge in [0.25, 0.3) is 0 Å². The van der Waals surface area contributed by atoms with Crippen LogP contribution in [0.15, 0.2) is 29.2 Å². The highest BCUT2D eigenvalue weighted by Crippen LogP contribution is 2.23. The van der Waals surface area contributed by atoms with Gasteiger partial charge in [-0.2, -0.15) is 10.4 Å². The molecule has 0 radical (unpaired) electrons. The largest absolute Gasteiger partial charge is 0.264 e. The Labute approximate surface area is 137 Å². The lowest BCUT2D eigenvalue weighted by atomic mass is 10.1. The molecule has 0 unspecified atom stereocenters. The molecule has 0 aliphatic rings. The van der Waals surface area contributed by atoms with E-state index in [1.165, 1.54) is 4.31 Å². The van der Waals surface area contributed by atoms with Crippen molar-refractivity contribution in [2.75, 3.05) is 13.6 Å². The van der Waals surface area contributed by atoms with Crippen molar-refractivity contribution in [3.8, 4) is 6.07 Å². The SMILES string of the molecule is CCN(C)S(=O)(=O)c1c(C)nn(Cc2ccccc2C#N)c1C. The Balaban J connectivity index is 2.49. The quantitative estimate of drug-likeness (QED) is 0.839. The van der Waals surface area contributed by atoms with Crippen LogP contribution in [0, 0.1) is 25.2 Å². The summed E-state index contributed by atoms with van der Waals surface area (Å²) in [6.45, 7) is 5.97. The smallest absolute Gasteiger partial charge is 0.246 e. The van der Waals surface area contributed by atoms with Gasteiger partial charge in [0.05, 0.1) is 29.6 Å². The van der Waals surface area contributed by atoms with E-state index in [0.29, 0.717) is 30.0 Å². The van der Waals surface area contributed by atoms with Crippen LogP contribution in [0.25, 0.3) is 0 Å². The molecule has 0 N–H and O–H groups in total. The molecule has 23 heavy (non-hydrogen) atoms. The standard InChI is InChI=1S/C16H20N4O2S/c1-5-19(4)23(21,22)16-12(2)18-20(13(16)3)11-15-9-7-6-8-14(15)10-17/h6-9H,5,11H2,1-4H3. The summed E-state index contributed by atoms with van der Waals surface area (Å²) in [5.41, 5.74) is 2.43. The van der Waals surface area contributed by atoms with E-state index in [9.17, 15) is 13.7 Å². The second-order valence-electron chi connectivity index (χ2n) is 5.35. The average molecular weight is 332 g/mol. The molecule has 0 saturated carbocycles. The van der Waals surface area contributed by atoms with Crippen LogP contribution in [0.4, 0.5) is 0 Å². The van der Waals surface area contributed by atoms with Crippen molar-refractivity contribution in [3.63, 3.8) is 0 Å². The number of rotatable bonds is 5. The summed E-state index contributed by atoms with van der Waals surface area (Å²) in [6, 6.07) is 9.39. The number of hydrogen-bond donors (Lipinski definition) is 0. The zero-order chi connectivity index (χ0) is 17.2. The van der Waals surface area contributed by atoms with Gasteiger partial charge < -0.3 is 0 Å². The van der Waals surface area contributed by atoms with E-state index in [4.69, 9.17) is 0 Å². The van der Waals surface area contributed by atoms with Crippen LogP contribution < -0.4 is 0 Å². The minimum absolute atomic E-state index is 0.247. The molecule has 1 aromatic heterocycles. The maximum Gasteiger partial charge on any atom is 0.246 e. The third-order valence-corrected chi connectivity index (χ3v) is 6.07. The first-order valence-corrected chi connectivity index (χ1v) is 8.75. The topological polar surface area (TPSA) is 79.0 Å². The summed E-state index contributed by atoms with van der Waals surface area (Å²) in [5, 5.41) is 13.5. The summed E-state index contributed by atoms with van der Waals surface area (Å²) in [5.74, 6) is 0. The molecule has 0 fully saturated rings. The summed E-state index contributed by atoms with van der Waals surface area (Å²) in [7, 11) is -2.00. The lowest BCUT2D eigenvalue weighted by Crippen LogP contribution is -2.27. The maximum atomic E-state index is 12.6. The summed E-state index contributed by atoms with van der Waals surface area (Å²) < 4.78 is 28.2. The van der Waals surface area contributed by atoms with Gasteiger partial charge >= 0.3 is 0 Å². The molecule has 0 spiro atoms. The van der Waals surface area contributed by atoms with Gasteiger partial charge in [-0.15, -0.1) is 0 Å². The molecule has 7 heteroatoms. The molecule has 2 aromatic rings. The Kier molecular flexibility index (Phi) is 4.88. The van der Waals surface area contributed by atoms with Gasteiger partial charge in [-0.05, 0) is 25.5 Å². The van der Waals surface area contributed by atoms with E-state index < -0.39 is 10.0 Å². The number of aryl methyl sites for hydroxylation is 1. The lowest BCUT2D eigenvalue weighted by Gasteiger charge is -2.15. The molecule has 2 rings (SSSR count). The van der Waals surface area contributed by atoms with Crippen LogP contribution in [0.5, 0.6) is 0 Å². The highest BCUT2D eigenvalue weighted by molar-refractivity contribution is 7.89. The molecule has 1 heterocycles. The third kappa shape index (κ3) is 3.14. The van der Waals surface area contributed by atoms with E-state index in [0.717, 1.165) is 5.56 Å². The van der Waals surface area contributed by atoms with Gasteiger partial charge in [0.15, 0.2) is 0 Å². The summed E-state index contributed by atoms with van der Waals surface area (Å²) in [4.78, 5) is 0.247. The van der Waals surface area contributed by atoms with Crippen LogP contribution in [-0.4, -0.2) is 36.1 Å². The van der Waals surface area contributed by atoms with Crippen LogP contribution in [0.1, 0.15) is 29.4 Å². The van der Waals surface area contributed by atoms with E-state index in [2.05, 4.69) is 11.2 Å². The molecule has 0 amide bonds. The molecule has 0 atom stereocenters. The fourth-order valence-electron chi connectivity index (χ4n) is 2.46. The molecular formula is C16H20N4O2S. The van der Waals surface area contributed by atoms with Crippen LogP contribution in [-0.2, 0) is 16.6 Å². The number of nitriles is 1. The Morgan fingerprint density at radius 1 is 1.30 bits per heavy atom. The van der Waals surface area contributed by atoms with Crippen molar-refractivity contribution < 1.29 is 8.42 Å². The lowest BCUT2D eigenvalue weighted by molar-refractivity contribution is 0.485. The van der Waals surface area contributed by atoms with Crippen molar-refractivity contribution in [1.82, 2.24) is 14.1 Å². The predicted octanol–water partition coefficient (Wildman–Crippen LogP) is 2.06. The average Bonchev–Trinajstić information content (AvgIpc) is 2.81. The van der Waals surface area contributed by atoms with Gasteiger partial charge in [-0.3, -0.25) is 4.68 Å². The number of hydrogen-bond acceptors (Lipinski definition) is 4. The molecule has 1 aromatic carbocycles. The Morgan fingerprint density at radius 3 is 2.57 bits per heavy atom. The van der Waals surface area contributed by atoms with Crippen LogP contribution in [0.2, 0.25) is 0 Å². The monoisotopic (exact) mass is 332 g/mol. The zero-order valence-corrected chi connectivity index (χ0v) is 14.6. The predicted molar refractivity (Wildman–Crippen MR) is 87.4 cm³/mol. The minimum Gasteiger partial charge on any atom is -0.264 e. The normalized spacial score (nSPS) is 11.7. The van der Waals surface area contributed by atoms with Crippen molar-refractivity contribution in [1.29, 1.82) is 5.26 Å². The number of aromatic nitrogens is 2. The zero-order valence-electron chi connectivity index (χ0n) is 13.7. The molecule has 0 aliphatic carbocycles. The van der Waals surface area contributed by atoms with Crippen LogP contribution in [0.3, 0.4) is 0 Å². The van der Waals surface area contributed by atoms with Crippen molar-refractivity contribution in [2.24, 2.45) is 0 Å².